The molecule has 1 N–H and O–H groups in total. The number of fused-ring (bicyclic) bond motifs is 1. The van der Waals surface area contributed by atoms with Crippen molar-refractivity contribution in [1.82, 2.24) is 20.0 Å². The van der Waals surface area contributed by atoms with E-state index in [2.05, 4.69) is 31.3 Å². The number of nitrogens with one attached hydrogen (secondary N) is 1. The van der Waals surface area contributed by atoms with Crippen LogP contribution in [0.5, 0.6) is 0 Å². The molecule has 0 unspecified atom stereocenters. The Labute approximate surface area is 173 Å². The Morgan fingerprint density at radius 1 is 1.21 bits per heavy atom. The molecule has 1 aromatic heterocycles. The Morgan fingerprint density at radius 2 is 1.96 bits per heavy atom. The summed E-state index contributed by atoms with van der Waals surface area (Å²) in [5.74, 6) is 0.812. The number of nitrogens with zero attached hydrogens (tertiary/aromatic N) is 3. The standard InChI is InChI=1S/C22H30N4O.ClH/c1-3-23-15-17-11-13-25(14-12-17)22(27)21-18-8-6-10-20(18)26(24-21)19-9-5-4-7-16(19)2;/h4-5,7,9,17,23H,3,6,8,10-15H2,1-2H3;1H. The zero-order chi connectivity index (χ0) is 18.8. The SMILES string of the molecule is CCNCC1CCN(C(=O)c2nn(-c3ccccc3C)c3c2CCC3)CC1.Cl. The van der Waals surface area contributed by atoms with Gasteiger partial charge in [-0.15, -0.1) is 12.4 Å². The normalized spacial score (nSPS) is 16.7. The first-order valence-electron chi connectivity index (χ1n) is 10.4. The zero-order valence-corrected chi connectivity index (χ0v) is 17.7. The van der Waals surface area contributed by atoms with Gasteiger partial charge in [0.2, 0.25) is 0 Å². The number of para-hydroxylation sites is 1. The minimum Gasteiger partial charge on any atom is -0.337 e. The third kappa shape index (κ3) is 3.96. The number of carbonyl (C=O) groups is 1. The summed E-state index contributed by atoms with van der Waals surface area (Å²) in [4.78, 5) is 15.3. The van der Waals surface area contributed by atoms with Crippen LogP contribution in [-0.2, 0) is 12.8 Å². The summed E-state index contributed by atoms with van der Waals surface area (Å²) in [6, 6.07) is 8.30. The van der Waals surface area contributed by atoms with Gasteiger partial charge in [0.25, 0.3) is 5.91 Å². The lowest BCUT2D eigenvalue weighted by Crippen LogP contribution is -2.41. The van der Waals surface area contributed by atoms with Gasteiger partial charge in [0, 0.05) is 24.3 Å². The molecule has 4 rings (SSSR count). The zero-order valence-electron chi connectivity index (χ0n) is 16.9. The van der Waals surface area contributed by atoms with Gasteiger partial charge < -0.3 is 10.2 Å². The fraction of sp³-hybridized carbons (Fsp3) is 0.545. The summed E-state index contributed by atoms with van der Waals surface area (Å²) < 4.78 is 2.03. The van der Waals surface area contributed by atoms with Crippen LogP contribution in [0.2, 0.25) is 0 Å². The molecule has 1 aliphatic carbocycles. The molecule has 0 radical (unpaired) electrons. The van der Waals surface area contributed by atoms with Crippen LogP contribution in [0.25, 0.3) is 5.69 Å². The maximum Gasteiger partial charge on any atom is 0.274 e. The van der Waals surface area contributed by atoms with Crippen molar-refractivity contribution in [2.45, 2.75) is 46.0 Å². The number of likely N-dealkylation sites (tertiary alicyclic amines) is 1. The van der Waals surface area contributed by atoms with Gasteiger partial charge >= 0.3 is 0 Å². The first-order chi connectivity index (χ1) is 13.2. The highest BCUT2D eigenvalue weighted by Gasteiger charge is 2.31. The molecule has 0 atom stereocenters. The van der Waals surface area contributed by atoms with Crippen molar-refractivity contribution in [2.75, 3.05) is 26.2 Å². The van der Waals surface area contributed by atoms with E-state index in [1.54, 1.807) is 0 Å². The summed E-state index contributed by atoms with van der Waals surface area (Å²) in [6.45, 7) is 8.03. The molecule has 1 aromatic carbocycles. The number of hydrogen-bond acceptors (Lipinski definition) is 3. The van der Waals surface area contributed by atoms with Crippen molar-refractivity contribution in [3.05, 3.63) is 46.8 Å². The number of benzene rings is 1. The third-order valence-electron chi connectivity index (χ3n) is 6.06. The van der Waals surface area contributed by atoms with E-state index in [9.17, 15) is 4.79 Å². The average molecular weight is 403 g/mol. The number of aromatic nitrogens is 2. The van der Waals surface area contributed by atoms with Gasteiger partial charge in [-0.2, -0.15) is 5.10 Å². The van der Waals surface area contributed by atoms with Crippen molar-refractivity contribution in [1.29, 1.82) is 0 Å². The highest BCUT2D eigenvalue weighted by molar-refractivity contribution is 5.94. The van der Waals surface area contributed by atoms with Gasteiger partial charge in [-0.25, -0.2) is 4.68 Å². The maximum atomic E-state index is 13.2. The van der Waals surface area contributed by atoms with E-state index in [1.807, 2.05) is 21.7 Å². The fourth-order valence-electron chi connectivity index (χ4n) is 4.45. The van der Waals surface area contributed by atoms with Crippen LogP contribution in [-0.4, -0.2) is 46.8 Å². The van der Waals surface area contributed by atoms with Gasteiger partial charge in [0.05, 0.1) is 5.69 Å². The van der Waals surface area contributed by atoms with Crippen LogP contribution in [0, 0.1) is 12.8 Å². The molecule has 0 saturated carbocycles. The number of piperidine rings is 1. The largest absolute Gasteiger partial charge is 0.337 e. The quantitative estimate of drug-likeness (QED) is 0.831. The fourth-order valence-corrected chi connectivity index (χ4v) is 4.45. The Morgan fingerprint density at radius 3 is 2.68 bits per heavy atom. The number of amides is 1. The molecule has 1 aliphatic heterocycles. The molecule has 28 heavy (non-hydrogen) atoms. The molecule has 1 saturated heterocycles. The van der Waals surface area contributed by atoms with Crippen molar-refractivity contribution in [3.8, 4) is 5.69 Å². The Bertz CT molecular complexity index is 824. The molecule has 152 valence electrons. The lowest BCUT2D eigenvalue weighted by molar-refractivity contribution is 0.0682. The van der Waals surface area contributed by atoms with E-state index >= 15 is 0 Å². The number of carbonyl (C=O) groups excluding carboxylic acids is 1. The van der Waals surface area contributed by atoms with Gasteiger partial charge in [0.15, 0.2) is 5.69 Å². The molecule has 2 aliphatic rings. The van der Waals surface area contributed by atoms with E-state index < -0.39 is 0 Å². The Hall–Kier alpha value is -1.85. The van der Waals surface area contributed by atoms with Crippen molar-refractivity contribution >= 4 is 18.3 Å². The van der Waals surface area contributed by atoms with E-state index in [-0.39, 0.29) is 18.3 Å². The van der Waals surface area contributed by atoms with Crippen LogP contribution < -0.4 is 5.32 Å². The molecule has 2 aromatic rings. The topological polar surface area (TPSA) is 50.2 Å². The second-order valence-electron chi connectivity index (χ2n) is 7.87. The monoisotopic (exact) mass is 402 g/mol. The Kier molecular flexibility index (Phi) is 6.78. The average Bonchev–Trinajstić information content (AvgIpc) is 3.30. The molecule has 1 amide bonds. The van der Waals surface area contributed by atoms with E-state index in [1.165, 1.54) is 16.8 Å². The third-order valence-corrected chi connectivity index (χ3v) is 6.06. The summed E-state index contributed by atoms with van der Waals surface area (Å²) in [5, 5.41) is 8.26. The molecule has 6 heteroatoms. The second kappa shape index (κ2) is 9.10. The van der Waals surface area contributed by atoms with E-state index in [0.29, 0.717) is 11.6 Å². The van der Waals surface area contributed by atoms with Gasteiger partial charge in [0.1, 0.15) is 0 Å². The van der Waals surface area contributed by atoms with Gasteiger partial charge in [-0.1, -0.05) is 25.1 Å². The molecule has 0 spiro atoms. The number of hydrogen-bond donors (Lipinski definition) is 1. The summed E-state index contributed by atoms with van der Waals surface area (Å²) >= 11 is 0. The van der Waals surface area contributed by atoms with Gasteiger partial charge in [-0.05, 0) is 69.7 Å². The smallest absolute Gasteiger partial charge is 0.274 e. The minimum absolute atomic E-state index is 0. The molecule has 1 fully saturated rings. The first-order valence-corrected chi connectivity index (χ1v) is 10.4. The minimum atomic E-state index is 0. The van der Waals surface area contributed by atoms with E-state index in [4.69, 9.17) is 5.10 Å². The van der Waals surface area contributed by atoms with Crippen LogP contribution in [0.15, 0.2) is 24.3 Å². The molecule has 0 bridgehead atoms. The molecule has 2 heterocycles. The number of halogens is 1. The van der Waals surface area contributed by atoms with Crippen molar-refractivity contribution in [3.63, 3.8) is 0 Å². The molecule has 5 nitrogen and oxygen atoms in total. The summed E-state index contributed by atoms with van der Waals surface area (Å²) in [7, 11) is 0. The van der Waals surface area contributed by atoms with Crippen LogP contribution in [0.1, 0.15) is 53.5 Å². The predicted molar refractivity (Wildman–Crippen MR) is 115 cm³/mol. The van der Waals surface area contributed by atoms with Crippen molar-refractivity contribution < 1.29 is 4.79 Å². The predicted octanol–water partition coefficient (Wildman–Crippen LogP) is 3.55. The van der Waals surface area contributed by atoms with Crippen LogP contribution in [0.3, 0.4) is 0 Å². The van der Waals surface area contributed by atoms with Gasteiger partial charge in [-0.3, -0.25) is 4.79 Å². The number of rotatable bonds is 5. The second-order valence-corrected chi connectivity index (χ2v) is 7.87. The Balaban J connectivity index is 0.00000225. The highest BCUT2D eigenvalue weighted by Crippen LogP contribution is 2.30. The van der Waals surface area contributed by atoms with Crippen LogP contribution >= 0.6 is 12.4 Å². The highest BCUT2D eigenvalue weighted by atomic mass is 35.5. The molecular formula is C22H31ClN4O. The van der Waals surface area contributed by atoms with Crippen LogP contribution in [0.4, 0.5) is 0 Å². The lowest BCUT2D eigenvalue weighted by Gasteiger charge is -2.31. The number of aryl methyl sites for hydroxylation is 1. The summed E-state index contributed by atoms with van der Waals surface area (Å²) in [5.41, 5.74) is 5.39. The molecular weight excluding hydrogens is 372 g/mol. The summed E-state index contributed by atoms with van der Waals surface area (Å²) in [6.07, 6.45) is 5.26. The lowest BCUT2D eigenvalue weighted by atomic mass is 9.96. The van der Waals surface area contributed by atoms with Crippen molar-refractivity contribution in [2.24, 2.45) is 5.92 Å². The van der Waals surface area contributed by atoms with E-state index in [0.717, 1.165) is 64.0 Å². The maximum absolute atomic E-state index is 13.2. The first kappa shape index (κ1) is 20.9.